The smallest absolute Gasteiger partial charge is 0.223 e. The number of amides is 1. The molecule has 2 heterocycles. The minimum atomic E-state index is 0.204. The van der Waals surface area contributed by atoms with E-state index in [9.17, 15) is 4.79 Å². The lowest BCUT2D eigenvalue weighted by molar-refractivity contribution is -0.131. The number of rotatable bonds is 6. The molecule has 0 spiro atoms. The molecule has 1 aliphatic heterocycles. The van der Waals surface area contributed by atoms with Gasteiger partial charge < -0.3 is 10.2 Å². The zero-order valence-corrected chi connectivity index (χ0v) is 17.3. The normalized spacial score (nSPS) is 12.7. The van der Waals surface area contributed by atoms with E-state index in [0.29, 0.717) is 18.8 Å². The molecule has 5 nitrogen and oxygen atoms in total. The number of carbonyl (C=O) groups excluding carboxylic acids is 1. The molecule has 0 unspecified atom stereocenters. The first kappa shape index (κ1) is 19.2. The molecular formula is C26H24N4O. The maximum Gasteiger partial charge on any atom is 0.223 e. The predicted octanol–water partition coefficient (Wildman–Crippen LogP) is 5.03. The zero-order chi connectivity index (χ0) is 21.0. The van der Waals surface area contributed by atoms with E-state index in [-0.39, 0.29) is 5.91 Å². The number of benzene rings is 3. The molecule has 5 rings (SSSR count). The second kappa shape index (κ2) is 8.56. The van der Waals surface area contributed by atoms with Crippen LogP contribution in [0.4, 0.5) is 5.82 Å². The third kappa shape index (κ3) is 4.12. The predicted molar refractivity (Wildman–Crippen MR) is 123 cm³/mol. The lowest BCUT2D eigenvalue weighted by Gasteiger charge is -2.16. The summed E-state index contributed by atoms with van der Waals surface area (Å²) in [6, 6.07) is 26.3. The molecule has 0 aliphatic carbocycles. The average Bonchev–Trinajstić information content (AvgIpc) is 3.26. The number of carbonyl (C=O) groups is 1. The van der Waals surface area contributed by atoms with Crippen molar-refractivity contribution in [2.45, 2.75) is 25.9 Å². The summed E-state index contributed by atoms with van der Waals surface area (Å²) in [5, 5.41) is 4.43. The Kier molecular flexibility index (Phi) is 5.31. The fourth-order valence-corrected chi connectivity index (χ4v) is 4.04. The summed E-state index contributed by atoms with van der Waals surface area (Å²) in [6.45, 7) is 2.13. The molecule has 0 radical (unpaired) electrons. The number of aromatic nitrogens is 2. The SMILES string of the molecule is O=C(CCCNc1nc(-c2ccccc2)nc2ccccc12)N1Cc2ccccc2C1. The number of hydrogen-bond acceptors (Lipinski definition) is 4. The van der Waals surface area contributed by atoms with Gasteiger partial charge in [0.05, 0.1) is 5.52 Å². The molecule has 1 N–H and O–H groups in total. The molecule has 4 aromatic rings. The Morgan fingerprint density at radius 2 is 1.52 bits per heavy atom. The van der Waals surface area contributed by atoms with Crippen LogP contribution in [0.2, 0.25) is 0 Å². The number of anilines is 1. The van der Waals surface area contributed by atoms with Crippen LogP contribution in [-0.2, 0) is 17.9 Å². The van der Waals surface area contributed by atoms with Crippen LogP contribution >= 0.6 is 0 Å². The van der Waals surface area contributed by atoms with Crippen LogP contribution in [0.3, 0.4) is 0 Å². The van der Waals surface area contributed by atoms with Crippen molar-refractivity contribution in [1.29, 1.82) is 0 Å². The summed E-state index contributed by atoms with van der Waals surface area (Å²) in [7, 11) is 0. The van der Waals surface area contributed by atoms with Crippen molar-refractivity contribution in [3.8, 4) is 11.4 Å². The Hall–Kier alpha value is -3.73. The summed E-state index contributed by atoms with van der Waals surface area (Å²) >= 11 is 0. The molecular weight excluding hydrogens is 384 g/mol. The second-order valence-electron chi connectivity index (χ2n) is 7.83. The van der Waals surface area contributed by atoms with Gasteiger partial charge in [-0.2, -0.15) is 0 Å². The van der Waals surface area contributed by atoms with E-state index in [1.54, 1.807) is 0 Å². The van der Waals surface area contributed by atoms with E-state index in [0.717, 1.165) is 41.8 Å². The van der Waals surface area contributed by atoms with Gasteiger partial charge in [0.25, 0.3) is 0 Å². The van der Waals surface area contributed by atoms with E-state index in [1.807, 2.05) is 71.6 Å². The van der Waals surface area contributed by atoms with Crippen molar-refractivity contribution in [3.63, 3.8) is 0 Å². The van der Waals surface area contributed by atoms with E-state index < -0.39 is 0 Å². The molecule has 5 heteroatoms. The summed E-state index contributed by atoms with van der Waals surface area (Å²) < 4.78 is 0. The highest BCUT2D eigenvalue weighted by Crippen LogP contribution is 2.25. The number of fused-ring (bicyclic) bond motifs is 2. The lowest BCUT2D eigenvalue weighted by Crippen LogP contribution is -2.25. The molecule has 31 heavy (non-hydrogen) atoms. The van der Waals surface area contributed by atoms with Crippen LogP contribution in [-0.4, -0.2) is 27.3 Å². The highest BCUT2D eigenvalue weighted by atomic mass is 16.2. The fourth-order valence-electron chi connectivity index (χ4n) is 4.04. The van der Waals surface area contributed by atoms with E-state index >= 15 is 0 Å². The summed E-state index contributed by atoms with van der Waals surface area (Å²) in [4.78, 5) is 24.1. The largest absolute Gasteiger partial charge is 0.369 e. The molecule has 0 bridgehead atoms. The maximum absolute atomic E-state index is 12.6. The van der Waals surface area contributed by atoms with Crippen LogP contribution in [0.25, 0.3) is 22.3 Å². The maximum atomic E-state index is 12.6. The van der Waals surface area contributed by atoms with E-state index in [2.05, 4.69) is 17.4 Å². The Labute approximate surface area is 181 Å². The molecule has 1 aliphatic rings. The zero-order valence-electron chi connectivity index (χ0n) is 17.3. The number of para-hydroxylation sites is 1. The quantitative estimate of drug-likeness (QED) is 0.455. The van der Waals surface area contributed by atoms with Gasteiger partial charge in [0, 0.05) is 37.0 Å². The molecule has 1 aromatic heterocycles. The van der Waals surface area contributed by atoms with E-state index in [1.165, 1.54) is 11.1 Å². The van der Waals surface area contributed by atoms with Gasteiger partial charge in [-0.3, -0.25) is 4.79 Å². The number of nitrogens with zero attached hydrogens (tertiary/aromatic N) is 3. The first-order valence-corrected chi connectivity index (χ1v) is 10.7. The molecule has 1 amide bonds. The first-order chi connectivity index (χ1) is 15.3. The van der Waals surface area contributed by atoms with E-state index in [4.69, 9.17) is 9.97 Å². The third-order valence-electron chi connectivity index (χ3n) is 5.69. The highest BCUT2D eigenvalue weighted by molar-refractivity contribution is 5.90. The van der Waals surface area contributed by atoms with Crippen LogP contribution in [0, 0.1) is 0 Å². The fraction of sp³-hybridized carbons (Fsp3) is 0.192. The van der Waals surface area contributed by atoms with Gasteiger partial charge in [0.2, 0.25) is 5.91 Å². The Morgan fingerprint density at radius 1 is 0.839 bits per heavy atom. The second-order valence-corrected chi connectivity index (χ2v) is 7.83. The number of hydrogen-bond donors (Lipinski definition) is 1. The van der Waals surface area contributed by atoms with Crippen LogP contribution in [0.5, 0.6) is 0 Å². The third-order valence-corrected chi connectivity index (χ3v) is 5.69. The van der Waals surface area contributed by atoms with Crippen LogP contribution in [0.1, 0.15) is 24.0 Å². The Balaban J connectivity index is 1.24. The molecule has 154 valence electrons. The van der Waals surface area contributed by atoms with Crippen LogP contribution in [0.15, 0.2) is 78.9 Å². The van der Waals surface area contributed by atoms with Gasteiger partial charge in [-0.15, -0.1) is 0 Å². The molecule has 3 aromatic carbocycles. The molecule has 0 atom stereocenters. The summed E-state index contributed by atoms with van der Waals surface area (Å²) in [5.41, 5.74) is 4.41. The summed E-state index contributed by atoms with van der Waals surface area (Å²) in [6.07, 6.45) is 1.28. The molecule has 0 fully saturated rings. The van der Waals surface area contributed by atoms with Crippen molar-refractivity contribution in [3.05, 3.63) is 90.0 Å². The van der Waals surface area contributed by atoms with Gasteiger partial charge >= 0.3 is 0 Å². The summed E-state index contributed by atoms with van der Waals surface area (Å²) in [5.74, 6) is 1.72. The van der Waals surface area contributed by atoms with Gasteiger partial charge in [0.1, 0.15) is 5.82 Å². The minimum absolute atomic E-state index is 0.204. The van der Waals surface area contributed by atoms with Gasteiger partial charge in [0.15, 0.2) is 5.82 Å². The van der Waals surface area contributed by atoms with Gasteiger partial charge in [-0.25, -0.2) is 9.97 Å². The van der Waals surface area contributed by atoms with Crippen molar-refractivity contribution in [1.82, 2.24) is 14.9 Å². The average molecular weight is 409 g/mol. The Morgan fingerprint density at radius 3 is 2.29 bits per heavy atom. The number of nitrogens with one attached hydrogen (secondary N) is 1. The van der Waals surface area contributed by atoms with Crippen molar-refractivity contribution < 1.29 is 4.79 Å². The highest BCUT2D eigenvalue weighted by Gasteiger charge is 2.22. The first-order valence-electron chi connectivity index (χ1n) is 10.7. The van der Waals surface area contributed by atoms with Crippen molar-refractivity contribution >= 4 is 22.6 Å². The minimum Gasteiger partial charge on any atom is -0.369 e. The molecule has 0 saturated carbocycles. The Bertz CT molecular complexity index is 1200. The monoisotopic (exact) mass is 408 g/mol. The van der Waals surface area contributed by atoms with Crippen molar-refractivity contribution in [2.75, 3.05) is 11.9 Å². The van der Waals surface area contributed by atoms with Gasteiger partial charge in [-0.05, 0) is 29.7 Å². The lowest BCUT2D eigenvalue weighted by atomic mass is 10.1. The van der Waals surface area contributed by atoms with Gasteiger partial charge in [-0.1, -0.05) is 66.7 Å². The standard InChI is InChI=1S/C26H24N4O/c31-24(30-17-20-11-4-5-12-21(20)18-30)15-8-16-27-26-22-13-6-7-14-23(22)28-25(29-26)19-9-2-1-3-10-19/h1-7,9-14H,8,15-18H2,(H,27,28,29). The van der Waals surface area contributed by atoms with Crippen LogP contribution < -0.4 is 5.32 Å². The topological polar surface area (TPSA) is 58.1 Å². The van der Waals surface area contributed by atoms with Crippen molar-refractivity contribution in [2.24, 2.45) is 0 Å². The molecule has 0 saturated heterocycles.